The Hall–Kier alpha value is -0.680. The zero-order valence-electron chi connectivity index (χ0n) is 8.62. The van der Waals surface area contributed by atoms with Crippen molar-refractivity contribution < 1.29 is 18.3 Å². The second-order valence-corrected chi connectivity index (χ2v) is 4.86. The Morgan fingerprint density at radius 2 is 2.06 bits per heavy atom. The van der Waals surface area contributed by atoms with Crippen LogP contribution in [0.3, 0.4) is 0 Å². The Bertz CT molecular complexity index is 386. The molecule has 0 aliphatic heterocycles. The van der Waals surface area contributed by atoms with Crippen molar-refractivity contribution in [2.45, 2.75) is 23.5 Å². The maximum absolute atomic E-state index is 12.9. The Balaban J connectivity index is 2.02. The number of ether oxygens (including phenoxy) is 2. The van der Waals surface area contributed by atoms with E-state index in [9.17, 15) is 8.78 Å². The van der Waals surface area contributed by atoms with Crippen LogP contribution in [-0.2, 0) is 4.74 Å². The number of hydrogen-bond acceptors (Lipinski definition) is 2. The van der Waals surface area contributed by atoms with Crippen molar-refractivity contribution in [2.24, 2.45) is 0 Å². The van der Waals surface area contributed by atoms with Crippen LogP contribution in [-0.4, -0.2) is 24.1 Å². The van der Waals surface area contributed by atoms with E-state index in [-0.39, 0.29) is 17.0 Å². The van der Waals surface area contributed by atoms with Gasteiger partial charge in [0, 0.05) is 24.4 Å². The van der Waals surface area contributed by atoms with Gasteiger partial charge in [-0.2, -0.15) is 0 Å². The molecule has 16 heavy (non-hydrogen) atoms. The summed E-state index contributed by atoms with van der Waals surface area (Å²) in [5.74, 6) is -1.45. The summed E-state index contributed by atoms with van der Waals surface area (Å²) in [6, 6.07) is 3.51. The van der Waals surface area contributed by atoms with E-state index in [0.717, 1.165) is 18.6 Å². The molecular formula is C11H11BrF2O2. The van der Waals surface area contributed by atoms with Crippen LogP contribution in [0, 0.1) is 11.6 Å². The molecule has 1 aliphatic rings. The Kier molecular flexibility index (Phi) is 3.44. The fourth-order valence-corrected chi connectivity index (χ4v) is 2.59. The molecule has 0 bridgehead atoms. The third kappa shape index (κ3) is 2.20. The number of methoxy groups -OCH3 is 1. The topological polar surface area (TPSA) is 18.5 Å². The fraction of sp³-hybridized carbons (Fsp3) is 0.455. The van der Waals surface area contributed by atoms with Crippen LogP contribution in [0.1, 0.15) is 6.42 Å². The van der Waals surface area contributed by atoms with E-state index >= 15 is 0 Å². The molecule has 5 heteroatoms. The Labute approximate surface area is 101 Å². The molecular weight excluding hydrogens is 282 g/mol. The van der Waals surface area contributed by atoms with Crippen LogP contribution in [0.2, 0.25) is 0 Å². The molecule has 1 aromatic carbocycles. The Morgan fingerprint density at radius 3 is 2.62 bits per heavy atom. The van der Waals surface area contributed by atoms with Gasteiger partial charge in [0.2, 0.25) is 0 Å². The van der Waals surface area contributed by atoms with Gasteiger partial charge in [-0.25, -0.2) is 8.78 Å². The molecule has 0 radical (unpaired) electrons. The SMILES string of the molecule is COC1C(Br)CC1Oc1ccc(F)c(F)c1. The van der Waals surface area contributed by atoms with Gasteiger partial charge in [0.15, 0.2) is 11.6 Å². The minimum absolute atomic E-state index is 0.0480. The maximum atomic E-state index is 12.9. The van der Waals surface area contributed by atoms with E-state index in [1.165, 1.54) is 6.07 Å². The van der Waals surface area contributed by atoms with E-state index in [1.54, 1.807) is 7.11 Å². The predicted octanol–water partition coefficient (Wildman–Crippen LogP) is 2.89. The first-order chi connectivity index (χ1) is 7.61. The smallest absolute Gasteiger partial charge is 0.162 e. The fourth-order valence-electron chi connectivity index (χ4n) is 1.67. The lowest BCUT2D eigenvalue weighted by Gasteiger charge is -2.40. The monoisotopic (exact) mass is 292 g/mol. The summed E-state index contributed by atoms with van der Waals surface area (Å²) < 4.78 is 36.3. The zero-order valence-corrected chi connectivity index (χ0v) is 10.2. The Morgan fingerprint density at radius 1 is 1.31 bits per heavy atom. The highest BCUT2D eigenvalue weighted by Crippen LogP contribution is 2.33. The molecule has 3 atom stereocenters. The zero-order chi connectivity index (χ0) is 11.7. The molecule has 1 aliphatic carbocycles. The van der Waals surface area contributed by atoms with Gasteiger partial charge in [-0.15, -0.1) is 0 Å². The first-order valence-electron chi connectivity index (χ1n) is 4.90. The van der Waals surface area contributed by atoms with Crippen LogP contribution in [0.25, 0.3) is 0 Å². The minimum Gasteiger partial charge on any atom is -0.488 e. The standard InChI is InChI=1S/C11H11BrF2O2/c1-15-11-7(12)5-10(11)16-6-2-3-8(13)9(14)4-6/h2-4,7,10-11H,5H2,1H3. The molecule has 2 nitrogen and oxygen atoms in total. The number of halogens is 3. The highest BCUT2D eigenvalue weighted by Gasteiger charge is 2.41. The van der Waals surface area contributed by atoms with Crippen molar-refractivity contribution >= 4 is 15.9 Å². The first-order valence-corrected chi connectivity index (χ1v) is 5.82. The summed E-state index contributed by atoms with van der Waals surface area (Å²) in [6.07, 6.45) is 0.629. The number of benzene rings is 1. The summed E-state index contributed by atoms with van der Waals surface area (Å²) in [7, 11) is 1.60. The van der Waals surface area contributed by atoms with E-state index in [1.807, 2.05) is 0 Å². The maximum Gasteiger partial charge on any atom is 0.162 e. The van der Waals surface area contributed by atoms with E-state index in [0.29, 0.717) is 5.75 Å². The predicted molar refractivity (Wildman–Crippen MR) is 58.9 cm³/mol. The van der Waals surface area contributed by atoms with Crippen molar-refractivity contribution in [3.05, 3.63) is 29.8 Å². The van der Waals surface area contributed by atoms with Crippen molar-refractivity contribution in [1.82, 2.24) is 0 Å². The van der Waals surface area contributed by atoms with Crippen LogP contribution in [0.15, 0.2) is 18.2 Å². The molecule has 1 fully saturated rings. The molecule has 0 N–H and O–H groups in total. The molecule has 0 amide bonds. The minimum atomic E-state index is -0.902. The highest BCUT2D eigenvalue weighted by atomic mass is 79.9. The second-order valence-electron chi connectivity index (χ2n) is 3.68. The van der Waals surface area contributed by atoms with E-state index < -0.39 is 11.6 Å². The van der Waals surface area contributed by atoms with E-state index in [2.05, 4.69) is 15.9 Å². The molecule has 88 valence electrons. The summed E-state index contributed by atoms with van der Waals surface area (Å²) in [5.41, 5.74) is 0. The van der Waals surface area contributed by atoms with Gasteiger partial charge in [-0.05, 0) is 12.1 Å². The van der Waals surface area contributed by atoms with Crippen molar-refractivity contribution in [3.8, 4) is 5.75 Å². The lowest BCUT2D eigenvalue weighted by molar-refractivity contribution is -0.0546. The molecule has 0 aromatic heterocycles. The quantitative estimate of drug-likeness (QED) is 0.798. The summed E-state index contributed by atoms with van der Waals surface area (Å²) in [6.45, 7) is 0. The summed E-state index contributed by atoms with van der Waals surface area (Å²) in [4.78, 5) is 0.257. The van der Waals surface area contributed by atoms with Gasteiger partial charge in [0.25, 0.3) is 0 Å². The van der Waals surface area contributed by atoms with Gasteiger partial charge in [-0.1, -0.05) is 15.9 Å². The average Bonchev–Trinajstić information content (AvgIpc) is 2.23. The van der Waals surface area contributed by atoms with Gasteiger partial charge in [0.1, 0.15) is 18.0 Å². The van der Waals surface area contributed by atoms with Crippen LogP contribution in [0.5, 0.6) is 5.75 Å². The van der Waals surface area contributed by atoms with Crippen LogP contribution >= 0.6 is 15.9 Å². The van der Waals surface area contributed by atoms with Crippen LogP contribution in [0.4, 0.5) is 8.78 Å². The molecule has 0 spiro atoms. The van der Waals surface area contributed by atoms with Gasteiger partial charge in [0.05, 0.1) is 0 Å². The molecule has 0 saturated heterocycles. The molecule has 1 saturated carbocycles. The highest BCUT2D eigenvalue weighted by molar-refractivity contribution is 9.09. The largest absolute Gasteiger partial charge is 0.488 e. The summed E-state index contributed by atoms with van der Waals surface area (Å²) >= 11 is 3.43. The third-order valence-corrected chi connectivity index (χ3v) is 3.53. The molecule has 0 heterocycles. The number of rotatable bonds is 3. The molecule has 2 rings (SSSR count). The normalized spacial score (nSPS) is 28.6. The summed E-state index contributed by atoms with van der Waals surface area (Å²) in [5, 5.41) is 0. The lowest BCUT2D eigenvalue weighted by Crippen LogP contribution is -2.51. The molecule has 3 unspecified atom stereocenters. The van der Waals surface area contributed by atoms with Crippen LogP contribution < -0.4 is 4.74 Å². The second kappa shape index (κ2) is 4.67. The molecule has 1 aromatic rings. The van der Waals surface area contributed by atoms with Gasteiger partial charge >= 0.3 is 0 Å². The third-order valence-electron chi connectivity index (χ3n) is 2.63. The van der Waals surface area contributed by atoms with Crippen molar-refractivity contribution in [2.75, 3.05) is 7.11 Å². The van der Waals surface area contributed by atoms with E-state index in [4.69, 9.17) is 9.47 Å². The van der Waals surface area contributed by atoms with Gasteiger partial charge < -0.3 is 9.47 Å². The lowest BCUT2D eigenvalue weighted by atomic mass is 9.91. The van der Waals surface area contributed by atoms with Gasteiger partial charge in [-0.3, -0.25) is 0 Å². The number of alkyl halides is 1. The van der Waals surface area contributed by atoms with Crippen molar-refractivity contribution in [3.63, 3.8) is 0 Å². The first kappa shape index (κ1) is 11.8. The van der Waals surface area contributed by atoms with Crippen molar-refractivity contribution in [1.29, 1.82) is 0 Å². The number of hydrogen-bond donors (Lipinski definition) is 0. The average molecular weight is 293 g/mol.